The summed E-state index contributed by atoms with van der Waals surface area (Å²) in [5.41, 5.74) is -0.622. The molecule has 0 aliphatic rings. The predicted molar refractivity (Wildman–Crippen MR) is 66.9 cm³/mol. The third-order valence-electron chi connectivity index (χ3n) is 1.93. The Morgan fingerprint density at radius 1 is 1.38 bits per heavy atom. The van der Waals surface area contributed by atoms with Gasteiger partial charge >= 0.3 is 6.18 Å². The van der Waals surface area contributed by atoms with Crippen LogP contribution in [0.25, 0.3) is 0 Å². The smallest absolute Gasteiger partial charge is 0.294 e. The van der Waals surface area contributed by atoms with E-state index in [0.29, 0.717) is 5.33 Å². The molecule has 0 unspecified atom stereocenters. The molecule has 1 rings (SSSR count). The molecule has 0 aliphatic carbocycles. The third-order valence-corrected chi connectivity index (χ3v) is 3.48. The lowest BCUT2D eigenvalue weighted by molar-refractivity contribution is -0.138. The summed E-state index contributed by atoms with van der Waals surface area (Å²) in [6.45, 7) is 0. The van der Waals surface area contributed by atoms with Gasteiger partial charge in [0.2, 0.25) is 0 Å². The zero-order valence-corrected chi connectivity index (χ0v) is 11.7. The number of hydrogen-bond donors (Lipinski definition) is 0. The molecule has 0 heterocycles. The van der Waals surface area contributed by atoms with Crippen molar-refractivity contribution in [3.63, 3.8) is 0 Å². The Bertz CT molecular complexity index is 404. The zero-order chi connectivity index (χ0) is 12.3. The van der Waals surface area contributed by atoms with Gasteiger partial charge in [0.05, 0.1) is 5.56 Å². The second-order valence-corrected chi connectivity index (χ2v) is 4.90. The second-order valence-electron chi connectivity index (χ2n) is 3.03. The van der Waals surface area contributed by atoms with E-state index >= 15 is 0 Å². The number of rotatable bonds is 3. The Balaban J connectivity index is 3.19. The molecule has 1 nitrogen and oxygen atoms in total. The fourth-order valence-corrected chi connectivity index (χ4v) is 2.51. The number of ketones is 1. The fraction of sp³-hybridized carbons (Fsp3) is 0.300. The number of alkyl halides is 4. The van der Waals surface area contributed by atoms with Crippen molar-refractivity contribution in [1.82, 2.24) is 0 Å². The molecule has 1 aromatic rings. The Hall–Kier alpha value is -0.110. The maximum Gasteiger partial charge on any atom is 0.417 e. The van der Waals surface area contributed by atoms with Gasteiger partial charge in [0.25, 0.3) is 0 Å². The average molecular weight is 407 g/mol. The predicted octanol–water partition coefficient (Wildman–Crippen LogP) is 4.28. The van der Waals surface area contributed by atoms with Crippen molar-refractivity contribution in [2.75, 3.05) is 5.33 Å². The second kappa shape index (κ2) is 5.48. The van der Waals surface area contributed by atoms with E-state index in [2.05, 4.69) is 15.9 Å². The molecule has 6 heteroatoms. The monoisotopic (exact) mass is 406 g/mol. The van der Waals surface area contributed by atoms with Gasteiger partial charge in [0.1, 0.15) is 0 Å². The molecular weight excluding hydrogens is 400 g/mol. The van der Waals surface area contributed by atoms with E-state index < -0.39 is 11.7 Å². The van der Waals surface area contributed by atoms with Crippen molar-refractivity contribution in [2.45, 2.75) is 12.6 Å². The Kier molecular flexibility index (Phi) is 4.78. The van der Waals surface area contributed by atoms with Gasteiger partial charge in [0, 0.05) is 20.9 Å². The van der Waals surface area contributed by atoms with Crippen LogP contribution in [0.1, 0.15) is 22.3 Å². The van der Waals surface area contributed by atoms with Gasteiger partial charge in [-0.05, 0) is 28.7 Å². The molecule has 0 radical (unpaired) electrons. The molecule has 0 fully saturated rings. The Labute approximate surface area is 113 Å². The van der Waals surface area contributed by atoms with Crippen molar-refractivity contribution in [3.8, 4) is 0 Å². The van der Waals surface area contributed by atoms with Gasteiger partial charge in [-0.3, -0.25) is 4.79 Å². The molecule has 0 aromatic heterocycles. The highest BCUT2D eigenvalue weighted by Gasteiger charge is 2.34. The minimum Gasteiger partial charge on any atom is -0.294 e. The minimum atomic E-state index is -4.42. The van der Waals surface area contributed by atoms with Gasteiger partial charge in [-0.2, -0.15) is 13.2 Å². The van der Waals surface area contributed by atoms with Crippen LogP contribution in [-0.4, -0.2) is 11.1 Å². The summed E-state index contributed by atoms with van der Waals surface area (Å²) in [5.74, 6) is -0.285. The van der Waals surface area contributed by atoms with Crippen LogP contribution in [0, 0.1) is 3.57 Å². The van der Waals surface area contributed by atoms with Crippen LogP contribution in [0.3, 0.4) is 0 Å². The molecule has 0 saturated heterocycles. The lowest BCUT2D eigenvalue weighted by Gasteiger charge is -2.11. The van der Waals surface area contributed by atoms with Crippen LogP contribution in [0.4, 0.5) is 13.2 Å². The van der Waals surface area contributed by atoms with E-state index in [4.69, 9.17) is 0 Å². The van der Waals surface area contributed by atoms with Gasteiger partial charge < -0.3 is 0 Å². The molecule has 1 aromatic carbocycles. The lowest BCUT2D eigenvalue weighted by atomic mass is 10.1. The van der Waals surface area contributed by atoms with E-state index in [1.165, 1.54) is 12.1 Å². The number of halogens is 5. The summed E-state index contributed by atoms with van der Waals surface area (Å²) in [5, 5.41) is 0.443. The molecule has 0 saturated carbocycles. The summed E-state index contributed by atoms with van der Waals surface area (Å²) < 4.78 is 37.6. The van der Waals surface area contributed by atoms with Gasteiger partial charge in [-0.1, -0.05) is 28.1 Å². The van der Waals surface area contributed by atoms with Gasteiger partial charge in [0.15, 0.2) is 5.78 Å². The molecule has 0 atom stereocenters. The Morgan fingerprint density at radius 2 is 2.00 bits per heavy atom. The number of carbonyl (C=O) groups excluding carboxylic acids is 1. The topological polar surface area (TPSA) is 17.1 Å². The fourth-order valence-electron chi connectivity index (χ4n) is 1.19. The van der Waals surface area contributed by atoms with Crippen LogP contribution < -0.4 is 0 Å². The minimum absolute atomic E-state index is 0.0291. The first-order valence-corrected chi connectivity index (χ1v) is 6.53. The first-order valence-electron chi connectivity index (χ1n) is 4.32. The Morgan fingerprint density at radius 3 is 2.50 bits per heavy atom. The summed E-state index contributed by atoms with van der Waals surface area (Å²) in [4.78, 5) is 11.5. The van der Waals surface area contributed by atoms with E-state index in [9.17, 15) is 18.0 Å². The van der Waals surface area contributed by atoms with Crippen molar-refractivity contribution < 1.29 is 18.0 Å². The average Bonchev–Trinajstić information content (AvgIpc) is 2.16. The zero-order valence-electron chi connectivity index (χ0n) is 7.94. The van der Waals surface area contributed by atoms with E-state index in [1.807, 2.05) is 0 Å². The molecule has 16 heavy (non-hydrogen) atoms. The number of benzene rings is 1. The highest BCUT2D eigenvalue weighted by atomic mass is 127. The SMILES string of the molecule is O=C(CCBr)c1cccc(C(F)(F)F)c1I. The highest BCUT2D eigenvalue weighted by molar-refractivity contribution is 14.1. The first kappa shape index (κ1) is 14.0. The number of hydrogen-bond acceptors (Lipinski definition) is 1. The molecule has 0 amide bonds. The van der Waals surface area contributed by atoms with Crippen molar-refractivity contribution in [2.24, 2.45) is 0 Å². The summed E-state index contributed by atoms with van der Waals surface area (Å²) in [6.07, 6.45) is -4.22. The van der Waals surface area contributed by atoms with Crippen LogP contribution in [0.15, 0.2) is 18.2 Å². The van der Waals surface area contributed by atoms with Gasteiger partial charge in [-0.25, -0.2) is 0 Å². The third kappa shape index (κ3) is 3.19. The van der Waals surface area contributed by atoms with Crippen LogP contribution in [0.2, 0.25) is 0 Å². The van der Waals surface area contributed by atoms with Crippen molar-refractivity contribution >= 4 is 44.3 Å². The molecule has 0 N–H and O–H groups in total. The summed E-state index contributed by atoms with van der Waals surface area (Å²) in [7, 11) is 0. The van der Waals surface area contributed by atoms with Crippen molar-refractivity contribution in [1.29, 1.82) is 0 Å². The van der Waals surface area contributed by atoms with Crippen LogP contribution in [0.5, 0.6) is 0 Å². The molecule has 88 valence electrons. The number of Topliss-reactive ketones (excluding diaryl/α,β-unsaturated/α-hetero) is 1. The highest BCUT2D eigenvalue weighted by Crippen LogP contribution is 2.34. The molecule has 0 aliphatic heterocycles. The van der Waals surface area contributed by atoms with Crippen molar-refractivity contribution in [3.05, 3.63) is 32.9 Å². The van der Waals surface area contributed by atoms with E-state index in [-0.39, 0.29) is 21.3 Å². The standard InChI is InChI=1S/C10H7BrF3IO/c11-5-4-8(16)6-2-1-3-7(9(6)15)10(12,13)14/h1-3H,4-5H2. The van der Waals surface area contributed by atoms with Crippen LogP contribution in [-0.2, 0) is 6.18 Å². The first-order chi connectivity index (χ1) is 7.38. The molecule has 0 spiro atoms. The number of carbonyl (C=O) groups is 1. The lowest BCUT2D eigenvalue weighted by Crippen LogP contribution is -2.11. The van der Waals surface area contributed by atoms with E-state index in [1.54, 1.807) is 22.6 Å². The van der Waals surface area contributed by atoms with Crippen LogP contribution >= 0.6 is 38.5 Å². The summed E-state index contributed by atoms with van der Waals surface area (Å²) in [6, 6.07) is 3.65. The van der Waals surface area contributed by atoms with E-state index in [0.717, 1.165) is 6.07 Å². The summed E-state index contributed by atoms with van der Waals surface area (Å²) >= 11 is 4.65. The molecule has 0 bridgehead atoms. The van der Waals surface area contributed by atoms with Gasteiger partial charge in [-0.15, -0.1) is 0 Å². The largest absolute Gasteiger partial charge is 0.417 e. The maximum atomic E-state index is 12.6. The molecular formula is C10H7BrF3IO. The maximum absolute atomic E-state index is 12.6. The quantitative estimate of drug-likeness (QED) is 0.416. The normalized spacial score (nSPS) is 11.6.